The summed E-state index contributed by atoms with van der Waals surface area (Å²) in [5.74, 6) is 0. The average Bonchev–Trinajstić information content (AvgIpc) is 2.22. The summed E-state index contributed by atoms with van der Waals surface area (Å²) in [5, 5.41) is 0. The Hall–Kier alpha value is -0.426. The second kappa shape index (κ2) is 6.15. The maximum Gasteiger partial charge on any atom is 0.184 e. The number of hydrogen-bond donors (Lipinski definition) is 0. The highest BCUT2D eigenvalue weighted by Gasteiger charge is 2.17. The van der Waals surface area contributed by atoms with E-state index in [2.05, 4.69) is 63.5 Å². The number of benzene rings is 1. The van der Waals surface area contributed by atoms with Gasteiger partial charge in [-0.3, -0.25) is 0 Å². The third-order valence-electron chi connectivity index (χ3n) is 2.44. The Balaban J connectivity index is 2.68. The van der Waals surface area contributed by atoms with Crippen LogP contribution in [0.25, 0.3) is 0 Å². The first-order chi connectivity index (χ1) is 8.17. The monoisotopic (exact) mass is 282 g/mol. The minimum absolute atomic E-state index is 0.709. The zero-order chi connectivity index (χ0) is 13.8. The zero-order valence-electron chi connectivity index (χ0n) is 12.5. The molecule has 0 aliphatic carbocycles. The highest BCUT2D eigenvalue weighted by Crippen LogP contribution is 2.16. The second-order valence-electron chi connectivity index (χ2n) is 6.57. The van der Waals surface area contributed by atoms with Crippen molar-refractivity contribution in [3.63, 3.8) is 0 Å². The maximum atomic E-state index is 5.98. The first kappa shape index (κ1) is 15.6. The molecule has 0 N–H and O–H groups in total. The van der Waals surface area contributed by atoms with Crippen LogP contribution < -0.4 is 0 Å². The van der Waals surface area contributed by atoms with Crippen molar-refractivity contribution in [3.05, 3.63) is 35.4 Å². The van der Waals surface area contributed by atoms with Crippen LogP contribution in [0.2, 0.25) is 39.3 Å². The Bertz CT molecular complexity index is 341. The Labute approximate surface area is 114 Å². The summed E-state index contributed by atoms with van der Waals surface area (Å²) in [4.78, 5) is 0. The van der Waals surface area contributed by atoms with Gasteiger partial charge in [0.25, 0.3) is 0 Å². The van der Waals surface area contributed by atoms with Crippen molar-refractivity contribution in [1.29, 1.82) is 0 Å². The van der Waals surface area contributed by atoms with Gasteiger partial charge in [-0.1, -0.05) is 24.3 Å². The van der Waals surface area contributed by atoms with Crippen LogP contribution in [0.4, 0.5) is 0 Å². The molecule has 1 rings (SSSR count). The van der Waals surface area contributed by atoms with E-state index < -0.39 is 16.6 Å². The van der Waals surface area contributed by atoms with Crippen LogP contribution >= 0.6 is 0 Å². The number of hydrogen-bond acceptors (Lipinski definition) is 2. The average molecular weight is 283 g/mol. The van der Waals surface area contributed by atoms with Gasteiger partial charge < -0.3 is 8.85 Å². The van der Waals surface area contributed by atoms with Gasteiger partial charge in [-0.25, -0.2) is 0 Å². The molecule has 2 nitrogen and oxygen atoms in total. The van der Waals surface area contributed by atoms with E-state index >= 15 is 0 Å². The predicted molar refractivity (Wildman–Crippen MR) is 82.7 cm³/mol. The van der Waals surface area contributed by atoms with Gasteiger partial charge in [-0.15, -0.1) is 0 Å². The molecule has 102 valence electrons. The molecular formula is C14H26O2Si2. The highest BCUT2D eigenvalue weighted by molar-refractivity contribution is 6.70. The molecule has 0 saturated carbocycles. The fraction of sp³-hybridized carbons (Fsp3) is 0.571. The Morgan fingerprint density at radius 2 is 1.06 bits per heavy atom. The molecule has 0 aliphatic rings. The van der Waals surface area contributed by atoms with Gasteiger partial charge in [0.15, 0.2) is 16.6 Å². The van der Waals surface area contributed by atoms with Gasteiger partial charge in [0, 0.05) is 0 Å². The van der Waals surface area contributed by atoms with Gasteiger partial charge in [0.2, 0.25) is 0 Å². The molecule has 0 heterocycles. The lowest BCUT2D eigenvalue weighted by molar-refractivity contribution is 0.278. The third kappa shape index (κ3) is 6.49. The topological polar surface area (TPSA) is 18.5 Å². The fourth-order valence-electron chi connectivity index (χ4n) is 1.43. The summed E-state index contributed by atoms with van der Waals surface area (Å²) in [7, 11) is -2.91. The normalized spacial score (nSPS) is 12.8. The van der Waals surface area contributed by atoms with Crippen molar-refractivity contribution >= 4 is 16.6 Å². The van der Waals surface area contributed by atoms with Crippen molar-refractivity contribution in [2.75, 3.05) is 0 Å². The molecule has 0 bridgehead atoms. The summed E-state index contributed by atoms with van der Waals surface area (Å²) in [5.41, 5.74) is 2.52. The van der Waals surface area contributed by atoms with E-state index in [-0.39, 0.29) is 0 Å². The predicted octanol–water partition coefficient (Wildman–Crippen LogP) is 4.39. The molecule has 1 aromatic rings. The molecule has 0 radical (unpaired) electrons. The first-order valence-corrected chi connectivity index (χ1v) is 13.3. The smallest absolute Gasteiger partial charge is 0.184 e. The fourth-order valence-corrected chi connectivity index (χ4v) is 2.60. The molecule has 0 aromatic heterocycles. The van der Waals surface area contributed by atoms with Crippen molar-refractivity contribution in [2.45, 2.75) is 52.5 Å². The second-order valence-corrected chi connectivity index (χ2v) is 15.6. The van der Waals surface area contributed by atoms with Crippen molar-refractivity contribution in [3.8, 4) is 0 Å². The summed E-state index contributed by atoms with van der Waals surface area (Å²) in [6.07, 6.45) is 0. The van der Waals surface area contributed by atoms with Crippen LogP contribution in [-0.4, -0.2) is 16.6 Å². The molecule has 0 atom stereocenters. The molecule has 1 aromatic carbocycles. The standard InChI is InChI=1S/C14H26O2Si2/c1-17(2,3)15-11-13-9-7-8-10-14(13)12-16-18(4,5)6/h7-10H,11-12H2,1-6H3. The van der Waals surface area contributed by atoms with E-state index in [1.54, 1.807) is 0 Å². The van der Waals surface area contributed by atoms with Crippen molar-refractivity contribution < 1.29 is 8.85 Å². The molecule has 18 heavy (non-hydrogen) atoms. The molecule has 0 saturated heterocycles. The van der Waals surface area contributed by atoms with E-state index in [9.17, 15) is 0 Å². The van der Waals surface area contributed by atoms with Crippen LogP contribution in [0.3, 0.4) is 0 Å². The summed E-state index contributed by atoms with van der Waals surface area (Å²) < 4.78 is 12.0. The van der Waals surface area contributed by atoms with E-state index in [1.165, 1.54) is 11.1 Å². The SMILES string of the molecule is C[Si](C)(C)OCc1ccccc1CO[Si](C)(C)C. The molecule has 0 aliphatic heterocycles. The molecule has 0 amide bonds. The van der Waals surface area contributed by atoms with Gasteiger partial charge in [0.05, 0.1) is 13.2 Å². The van der Waals surface area contributed by atoms with Crippen LogP contribution in [0.15, 0.2) is 24.3 Å². The van der Waals surface area contributed by atoms with Crippen LogP contribution in [0, 0.1) is 0 Å². The largest absolute Gasteiger partial charge is 0.413 e. The lowest BCUT2D eigenvalue weighted by atomic mass is 10.1. The van der Waals surface area contributed by atoms with Gasteiger partial charge in [-0.2, -0.15) is 0 Å². The Morgan fingerprint density at radius 3 is 1.33 bits per heavy atom. The maximum absolute atomic E-state index is 5.98. The number of rotatable bonds is 6. The summed E-state index contributed by atoms with van der Waals surface area (Å²) in [6, 6.07) is 8.42. The molecule has 0 unspecified atom stereocenters. The third-order valence-corrected chi connectivity index (χ3v) is 4.46. The van der Waals surface area contributed by atoms with Crippen molar-refractivity contribution in [1.82, 2.24) is 0 Å². The van der Waals surface area contributed by atoms with Crippen LogP contribution in [0.1, 0.15) is 11.1 Å². The Kier molecular flexibility index (Phi) is 5.34. The minimum Gasteiger partial charge on any atom is -0.413 e. The molecule has 0 spiro atoms. The summed E-state index contributed by atoms with van der Waals surface area (Å²) in [6.45, 7) is 14.7. The molecule has 0 fully saturated rings. The lowest BCUT2D eigenvalue weighted by Crippen LogP contribution is -2.26. The van der Waals surface area contributed by atoms with Gasteiger partial charge >= 0.3 is 0 Å². The van der Waals surface area contributed by atoms with E-state index in [1.807, 2.05) is 0 Å². The van der Waals surface area contributed by atoms with Crippen LogP contribution in [0.5, 0.6) is 0 Å². The minimum atomic E-state index is -1.45. The molecule has 4 heteroatoms. The zero-order valence-corrected chi connectivity index (χ0v) is 14.5. The quantitative estimate of drug-likeness (QED) is 0.720. The van der Waals surface area contributed by atoms with Crippen LogP contribution in [-0.2, 0) is 22.1 Å². The van der Waals surface area contributed by atoms with Gasteiger partial charge in [-0.05, 0) is 50.4 Å². The lowest BCUT2D eigenvalue weighted by Gasteiger charge is -2.21. The van der Waals surface area contributed by atoms with Gasteiger partial charge in [0.1, 0.15) is 0 Å². The van der Waals surface area contributed by atoms with E-state index in [0.717, 1.165) is 0 Å². The van der Waals surface area contributed by atoms with E-state index in [4.69, 9.17) is 8.85 Å². The Morgan fingerprint density at radius 1 is 0.722 bits per heavy atom. The van der Waals surface area contributed by atoms with E-state index in [0.29, 0.717) is 13.2 Å². The first-order valence-electron chi connectivity index (χ1n) is 6.52. The summed E-state index contributed by atoms with van der Waals surface area (Å²) >= 11 is 0. The molecular weight excluding hydrogens is 256 g/mol. The highest BCUT2D eigenvalue weighted by atomic mass is 28.4. The van der Waals surface area contributed by atoms with Crippen molar-refractivity contribution in [2.24, 2.45) is 0 Å².